The van der Waals surface area contributed by atoms with Gasteiger partial charge in [0, 0.05) is 31.9 Å². The Labute approximate surface area is 195 Å². The molecule has 0 aliphatic heterocycles. The van der Waals surface area contributed by atoms with Gasteiger partial charge in [-0.15, -0.1) is 24.0 Å². The van der Waals surface area contributed by atoms with E-state index in [0.717, 1.165) is 23.3 Å². The molecule has 6 nitrogen and oxygen atoms in total. The molecule has 3 rings (SSSR count). The second kappa shape index (κ2) is 11.8. The van der Waals surface area contributed by atoms with Crippen LogP contribution in [0, 0.1) is 0 Å². The SMILES string of the molecule is CCNC(=NCc1ccc(OCC(F)(F)F)cc1)NCCc1cn2ccccc2n1.I. The van der Waals surface area contributed by atoms with Crippen molar-refractivity contribution in [2.45, 2.75) is 26.1 Å². The van der Waals surface area contributed by atoms with Crippen molar-refractivity contribution < 1.29 is 17.9 Å². The summed E-state index contributed by atoms with van der Waals surface area (Å²) < 4.78 is 43.3. The number of fused-ring (bicyclic) bond motifs is 1. The number of pyridine rings is 1. The summed E-state index contributed by atoms with van der Waals surface area (Å²) in [5, 5.41) is 6.45. The maximum atomic E-state index is 12.2. The fourth-order valence-corrected chi connectivity index (χ4v) is 2.78. The van der Waals surface area contributed by atoms with Crippen molar-refractivity contribution in [1.82, 2.24) is 20.0 Å². The molecule has 2 N–H and O–H groups in total. The molecule has 0 aliphatic carbocycles. The van der Waals surface area contributed by atoms with Gasteiger partial charge in [-0.1, -0.05) is 18.2 Å². The molecule has 0 saturated heterocycles. The number of hydrogen-bond acceptors (Lipinski definition) is 3. The second-order valence-electron chi connectivity index (χ2n) is 6.62. The molecule has 31 heavy (non-hydrogen) atoms. The highest BCUT2D eigenvalue weighted by molar-refractivity contribution is 14.0. The molecule has 168 valence electrons. The van der Waals surface area contributed by atoms with Gasteiger partial charge in [0.2, 0.25) is 0 Å². The Balaban J connectivity index is 0.00000341. The number of nitrogens with one attached hydrogen (secondary N) is 2. The summed E-state index contributed by atoms with van der Waals surface area (Å²) in [5.74, 6) is 0.844. The number of guanidine groups is 1. The number of hydrogen-bond donors (Lipinski definition) is 2. The van der Waals surface area contributed by atoms with Crippen LogP contribution in [0.5, 0.6) is 5.75 Å². The fraction of sp³-hybridized carbons (Fsp3) is 0.333. The summed E-state index contributed by atoms with van der Waals surface area (Å²) in [5.41, 5.74) is 2.77. The van der Waals surface area contributed by atoms with E-state index in [-0.39, 0.29) is 29.7 Å². The lowest BCUT2D eigenvalue weighted by molar-refractivity contribution is -0.153. The van der Waals surface area contributed by atoms with Gasteiger partial charge >= 0.3 is 6.18 Å². The van der Waals surface area contributed by atoms with Crippen molar-refractivity contribution in [3.05, 3.63) is 66.1 Å². The van der Waals surface area contributed by atoms with Gasteiger partial charge in [0.05, 0.1) is 12.2 Å². The zero-order valence-electron chi connectivity index (χ0n) is 17.0. The van der Waals surface area contributed by atoms with Crippen LogP contribution in [0.4, 0.5) is 13.2 Å². The Morgan fingerprint density at radius 1 is 1.13 bits per heavy atom. The predicted octanol–water partition coefficient (Wildman–Crippen LogP) is 4.19. The van der Waals surface area contributed by atoms with Gasteiger partial charge in [-0.25, -0.2) is 9.98 Å². The van der Waals surface area contributed by atoms with Crippen molar-refractivity contribution in [3.63, 3.8) is 0 Å². The van der Waals surface area contributed by atoms with Crippen LogP contribution in [-0.4, -0.2) is 41.2 Å². The lowest BCUT2D eigenvalue weighted by Crippen LogP contribution is -2.38. The number of imidazole rings is 1. The Morgan fingerprint density at radius 2 is 1.90 bits per heavy atom. The Morgan fingerprint density at radius 3 is 2.58 bits per heavy atom. The summed E-state index contributed by atoms with van der Waals surface area (Å²) in [6.45, 7) is 2.45. The van der Waals surface area contributed by atoms with Crippen molar-refractivity contribution in [2.75, 3.05) is 19.7 Å². The van der Waals surface area contributed by atoms with Crippen molar-refractivity contribution >= 4 is 35.6 Å². The monoisotopic (exact) mass is 547 g/mol. The lowest BCUT2D eigenvalue weighted by atomic mass is 10.2. The average Bonchev–Trinajstić information content (AvgIpc) is 3.13. The van der Waals surface area contributed by atoms with Gasteiger partial charge in [0.15, 0.2) is 12.6 Å². The van der Waals surface area contributed by atoms with E-state index in [1.54, 1.807) is 12.1 Å². The van der Waals surface area contributed by atoms with E-state index >= 15 is 0 Å². The molecule has 0 atom stereocenters. The van der Waals surface area contributed by atoms with Gasteiger partial charge in [-0.3, -0.25) is 0 Å². The molecule has 0 unspecified atom stereocenters. The second-order valence-corrected chi connectivity index (χ2v) is 6.62. The molecule has 3 aromatic rings. The van der Waals surface area contributed by atoms with Crippen LogP contribution >= 0.6 is 24.0 Å². The first kappa shape index (κ1) is 24.8. The third kappa shape index (κ3) is 8.27. The highest BCUT2D eigenvalue weighted by Crippen LogP contribution is 2.19. The predicted molar refractivity (Wildman–Crippen MR) is 125 cm³/mol. The summed E-state index contributed by atoms with van der Waals surface area (Å²) in [6, 6.07) is 12.3. The zero-order chi connectivity index (χ0) is 21.4. The molecule has 0 amide bonds. The molecule has 0 saturated carbocycles. The standard InChI is InChI=1S/C21H24F3N5O.HI/c1-2-25-20(26-11-10-17-14-29-12-4-3-5-19(29)28-17)27-13-16-6-8-18(9-7-16)30-15-21(22,23)24;/h3-9,12,14H,2,10-11,13,15H2,1H3,(H2,25,26,27);1H. The molecular formula is C21H25F3IN5O. The molecule has 1 aromatic carbocycles. The van der Waals surface area contributed by atoms with E-state index in [0.29, 0.717) is 25.6 Å². The first-order valence-corrected chi connectivity index (χ1v) is 9.66. The molecule has 2 aromatic heterocycles. The van der Waals surface area contributed by atoms with E-state index in [4.69, 9.17) is 4.74 Å². The van der Waals surface area contributed by atoms with E-state index in [2.05, 4.69) is 20.6 Å². The Bertz CT molecular complexity index is 940. The molecule has 0 spiro atoms. The number of aromatic nitrogens is 2. The number of aliphatic imine (C=N–C) groups is 1. The minimum atomic E-state index is -4.35. The minimum absolute atomic E-state index is 0. The van der Waals surface area contributed by atoms with Gasteiger partial charge in [-0.2, -0.15) is 13.2 Å². The first-order chi connectivity index (χ1) is 14.4. The van der Waals surface area contributed by atoms with Crippen molar-refractivity contribution in [3.8, 4) is 5.75 Å². The molecule has 0 bridgehead atoms. The van der Waals surface area contributed by atoms with Crippen LogP contribution in [0.2, 0.25) is 0 Å². The molecule has 2 heterocycles. The van der Waals surface area contributed by atoms with Crippen LogP contribution in [0.25, 0.3) is 5.65 Å². The van der Waals surface area contributed by atoms with Crippen LogP contribution in [-0.2, 0) is 13.0 Å². The quantitative estimate of drug-likeness (QED) is 0.252. The topological polar surface area (TPSA) is 63.0 Å². The highest BCUT2D eigenvalue weighted by atomic mass is 127. The number of benzene rings is 1. The molecular weight excluding hydrogens is 522 g/mol. The Hall–Kier alpha value is -2.50. The summed E-state index contributed by atoms with van der Waals surface area (Å²) >= 11 is 0. The third-order valence-corrected chi connectivity index (χ3v) is 4.18. The molecule has 0 radical (unpaired) electrons. The van der Waals surface area contributed by atoms with E-state index < -0.39 is 12.8 Å². The van der Waals surface area contributed by atoms with Crippen LogP contribution in [0.3, 0.4) is 0 Å². The van der Waals surface area contributed by atoms with Gasteiger partial charge in [-0.05, 0) is 36.8 Å². The number of nitrogens with zero attached hydrogens (tertiary/aromatic N) is 3. The number of ether oxygens (including phenoxy) is 1. The molecule has 0 aliphatic rings. The van der Waals surface area contributed by atoms with E-state index in [1.165, 1.54) is 12.1 Å². The number of alkyl halides is 3. The molecule has 0 fully saturated rings. The van der Waals surface area contributed by atoms with Crippen molar-refractivity contribution in [2.24, 2.45) is 4.99 Å². The van der Waals surface area contributed by atoms with Crippen molar-refractivity contribution in [1.29, 1.82) is 0 Å². The largest absolute Gasteiger partial charge is 0.484 e. The van der Waals surface area contributed by atoms with Crippen LogP contribution in [0.1, 0.15) is 18.2 Å². The van der Waals surface area contributed by atoms with Crippen LogP contribution in [0.15, 0.2) is 59.9 Å². The lowest BCUT2D eigenvalue weighted by Gasteiger charge is -2.11. The average molecular weight is 547 g/mol. The maximum absolute atomic E-state index is 12.2. The normalized spacial score (nSPS) is 11.8. The smallest absolute Gasteiger partial charge is 0.422 e. The fourth-order valence-electron chi connectivity index (χ4n) is 2.78. The number of rotatable bonds is 8. The third-order valence-electron chi connectivity index (χ3n) is 4.18. The van der Waals surface area contributed by atoms with E-state index in [9.17, 15) is 13.2 Å². The van der Waals surface area contributed by atoms with Crippen LogP contribution < -0.4 is 15.4 Å². The van der Waals surface area contributed by atoms with E-state index in [1.807, 2.05) is 41.9 Å². The van der Waals surface area contributed by atoms with Gasteiger partial charge in [0.1, 0.15) is 11.4 Å². The Kier molecular flexibility index (Phi) is 9.41. The summed E-state index contributed by atoms with van der Waals surface area (Å²) in [7, 11) is 0. The minimum Gasteiger partial charge on any atom is -0.484 e. The van der Waals surface area contributed by atoms with Gasteiger partial charge < -0.3 is 19.8 Å². The zero-order valence-corrected chi connectivity index (χ0v) is 19.4. The molecule has 10 heteroatoms. The summed E-state index contributed by atoms with van der Waals surface area (Å²) in [6.07, 6.45) is 0.365. The number of halogens is 4. The maximum Gasteiger partial charge on any atom is 0.422 e. The highest BCUT2D eigenvalue weighted by Gasteiger charge is 2.28. The summed E-state index contributed by atoms with van der Waals surface area (Å²) in [4.78, 5) is 9.09. The first-order valence-electron chi connectivity index (χ1n) is 9.66. The van der Waals surface area contributed by atoms with Gasteiger partial charge in [0.25, 0.3) is 0 Å².